The van der Waals surface area contributed by atoms with Crippen LogP contribution in [-0.2, 0) is 9.47 Å². The Kier molecular flexibility index (Phi) is 4.17. The molecule has 0 bridgehead atoms. The van der Waals surface area contributed by atoms with Crippen molar-refractivity contribution < 1.29 is 9.47 Å². The predicted octanol–water partition coefficient (Wildman–Crippen LogP) is 1.46. The molecule has 27 heavy (non-hydrogen) atoms. The smallest absolute Gasteiger partial charge is 0.169 e. The Hall–Kier alpha value is -2.65. The minimum absolute atomic E-state index is 0.394. The number of morpholine rings is 1. The minimum Gasteiger partial charge on any atom is -0.382 e. The number of H-pyrrole nitrogens is 1. The molecule has 9 nitrogen and oxygen atoms in total. The molecule has 0 radical (unpaired) electrons. The van der Waals surface area contributed by atoms with Crippen LogP contribution in [0.4, 0.5) is 11.6 Å². The van der Waals surface area contributed by atoms with E-state index >= 15 is 0 Å². The molecule has 5 heterocycles. The quantitative estimate of drug-likeness (QED) is 0.719. The molecule has 0 spiro atoms. The van der Waals surface area contributed by atoms with Gasteiger partial charge in [-0.05, 0) is 30.4 Å². The highest BCUT2D eigenvalue weighted by atomic mass is 16.5. The molecule has 2 fully saturated rings. The highest BCUT2D eigenvalue weighted by Gasteiger charge is 2.26. The van der Waals surface area contributed by atoms with Gasteiger partial charge >= 0.3 is 0 Å². The molecule has 0 saturated carbocycles. The second kappa shape index (κ2) is 6.82. The maximum Gasteiger partial charge on any atom is 0.169 e. The monoisotopic (exact) mass is 369 g/mol. The van der Waals surface area contributed by atoms with Crippen LogP contribution in [0.15, 0.2) is 18.3 Å². The van der Waals surface area contributed by atoms with Gasteiger partial charge in [0.15, 0.2) is 17.3 Å². The van der Waals surface area contributed by atoms with E-state index < -0.39 is 0 Å². The third-order valence-electron chi connectivity index (χ3n) is 5.39. The summed E-state index contributed by atoms with van der Waals surface area (Å²) in [5.41, 5.74) is 8.33. The Morgan fingerprint density at radius 2 is 1.89 bits per heavy atom. The Morgan fingerprint density at radius 1 is 1.11 bits per heavy atom. The first-order chi connectivity index (χ1) is 13.3. The number of aromatic nitrogens is 5. The number of rotatable bonds is 3. The van der Waals surface area contributed by atoms with Gasteiger partial charge in [0, 0.05) is 32.4 Å². The van der Waals surface area contributed by atoms with E-state index in [1.807, 2.05) is 6.07 Å². The summed E-state index contributed by atoms with van der Waals surface area (Å²) in [6, 6.07) is 4.06. The van der Waals surface area contributed by atoms with Crippen molar-refractivity contribution in [2.75, 3.05) is 50.2 Å². The Bertz CT molecular complexity index is 925. The highest BCUT2D eigenvalue weighted by molar-refractivity contribution is 5.92. The largest absolute Gasteiger partial charge is 0.382 e. The van der Waals surface area contributed by atoms with Crippen LogP contribution in [0.5, 0.6) is 0 Å². The van der Waals surface area contributed by atoms with Crippen LogP contribution in [0.2, 0.25) is 0 Å². The summed E-state index contributed by atoms with van der Waals surface area (Å²) >= 11 is 0. The fraction of sp³-hybridized carbons (Fsp3) is 0.500. The van der Waals surface area contributed by atoms with Gasteiger partial charge in [-0.15, -0.1) is 5.10 Å². The molecule has 9 heteroatoms. The number of fused-ring (bicyclic) bond motifs is 1. The number of nitrogen functional groups attached to an aromatic ring is 1. The van der Waals surface area contributed by atoms with Crippen LogP contribution in [0.3, 0.4) is 0 Å². The fourth-order valence-electron chi connectivity index (χ4n) is 3.98. The number of hydrogen-bond acceptors (Lipinski definition) is 7. The first-order valence-electron chi connectivity index (χ1n) is 9.40. The standard InChI is InChI=1S/C18H23N7O2/c19-17-16-13(12-2-7-26-8-3-12)11-15(24-5-9-27-10-6-24)21-18(16)25(23-17)14-1-4-20-22-14/h1,4,11-12H,2-3,5-10H2,(H2,19,23)(H,20,22). The second-order valence-electron chi connectivity index (χ2n) is 6.99. The predicted molar refractivity (Wildman–Crippen MR) is 101 cm³/mol. The van der Waals surface area contributed by atoms with Crippen molar-refractivity contribution in [1.82, 2.24) is 25.0 Å². The molecule has 3 aromatic heterocycles. The Balaban J connectivity index is 1.70. The molecular formula is C18H23N7O2. The number of pyridine rings is 1. The van der Waals surface area contributed by atoms with Crippen molar-refractivity contribution in [2.24, 2.45) is 0 Å². The van der Waals surface area contributed by atoms with Crippen LogP contribution in [0, 0.1) is 0 Å². The van der Waals surface area contributed by atoms with Crippen LogP contribution in [-0.4, -0.2) is 64.5 Å². The van der Waals surface area contributed by atoms with Gasteiger partial charge in [-0.2, -0.15) is 9.78 Å². The van der Waals surface area contributed by atoms with Gasteiger partial charge in [0.05, 0.1) is 24.8 Å². The van der Waals surface area contributed by atoms with Crippen LogP contribution in [0.25, 0.3) is 16.9 Å². The molecule has 5 rings (SSSR count). The van der Waals surface area contributed by atoms with Gasteiger partial charge in [0.2, 0.25) is 0 Å². The van der Waals surface area contributed by atoms with E-state index in [4.69, 9.17) is 20.2 Å². The third-order valence-corrected chi connectivity index (χ3v) is 5.39. The van der Waals surface area contributed by atoms with Crippen LogP contribution in [0.1, 0.15) is 24.3 Å². The molecule has 2 aliphatic heterocycles. The number of ether oxygens (including phenoxy) is 2. The summed E-state index contributed by atoms with van der Waals surface area (Å²) in [6.45, 7) is 4.65. The zero-order chi connectivity index (χ0) is 18.2. The normalized spacial score (nSPS) is 19.0. The number of nitrogens with zero attached hydrogens (tertiary/aromatic N) is 5. The molecule has 3 N–H and O–H groups in total. The lowest BCUT2D eigenvalue weighted by atomic mass is 9.90. The maximum atomic E-state index is 6.35. The van der Waals surface area contributed by atoms with E-state index in [1.54, 1.807) is 10.9 Å². The molecule has 2 saturated heterocycles. The summed E-state index contributed by atoms with van der Waals surface area (Å²) in [7, 11) is 0. The van der Waals surface area contributed by atoms with Crippen LogP contribution >= 0.6 is 0 Å². The molecule has 3 aromatic rings. The molecule has 0 amide bonds. The van der Waals surface area contributed by atoms with Gasteiger partial charge in [0.1, 0.15) is 5.82 Å². The fourth-order valence-corrected chi connectivity index (χ4v) is 3.98. The first-order valence-corrected chi connectivity index (χ1v) is 9.40. The third kappa shape index (κ3) is 2.92. The maximum absolute atomic E-state index is 6.35. The molecular weight excluding hydrogens is 346 g/mol. The Labute approximate surface area is 156 Å². The molecule has 0 aromatic carbocycles. The van der Waals surface area contributed by atoms with E-state index in [9.17, 15) is 0 Å². The van der Waals surface area contributed by atoms with E-state index in [1.165, 1.54) is 5.56 Å². The van der Waals surface area contributed by atoms with Gasteiger partial charge < -0.3 is 20.1 Å². The molecule has 2 aliphatic rings. The number of aromatic amines is 1. The highest BCUT2D eigenvalue weighted by Crippen LogP contribution is 2.37. The summed E-state index contributed by atoms with van der Waals surface area (Å²) in [5.74, 6) is 2.60. The minimum atomic E-state index is 0.394. The zero-order valence-electron chi connectivity index (χ0n) is 15.1. The second-order valence-corrected chi connectivity index (χ2v) is 6.99. The Morgan fingerprint density at radius 3 is 2.63 bits per heavy atom. The molecule has 142 valence electrons. The number of nitrogens with one attached hydrogen (secondary N) is 1. The van der Waals surface area contributed by atoms with Crippen molar-refractivity contribution in [1.29, 1.82) is 0 Å². The van der Waals surface area contributed by atoms with Gasteiger partial charge in [-0.1, -0.05) is 0 Å². The number of anilines is 2. The van der Waals surface area contributed by atoms with E-state index in [2.05, 4.69) is 26.3 Å². The summed E-state index contributed by atoms with van der Waals surface area (Å²) in [5, 5.41) is 12.5. The van der Waals surface area contributed by atoms with Gasteiger partial charge in [-0.25, -0.2) is 4.98 Å². The van der Waals surface area contributed by atoms with Crippen molar-refractivity contribution in [3.05, 3.63) is 23.9 Å². The molecule has 0 atom stereocenters. The lowest BCUT2D eigenvalue weighted by molar-refractivity contribution is 0.0856. The van der Waals surface area contributed by atoms with Gasteiger partial charge in [-0.3, -0.25) is 5.10 Å². The van der Waals surface area contributed by atoms with Gasteiger partial charge in [0.25, 0.3) is 0 Å². The number of hydrogen-bond donors (Lipinski definition) is 2. The topological polar surface area (TPSA) is 107 Å². The average Bonchev–Trinajstić information content (AvgIpc) is 3.37. The van der Waals surface area contributed by atoms with E-state index in [0.29, 0.717) is 24.9 Å². The average molecular weight is 369 g/mol. The summed E-state index contributed by atoms with van der Waals surface area (Å²) < 4.78 is 12.8. The van der Waals surface area contributed by atoms with Crippen molar-refractivity contribution in [2.45, 2.75) is 18.8 Å². The SMILES string of the molecule is Nc1nn(-c2ccn[nH]2)c2nc(N3CCOCC3)cc(C3CCOCC3)c12. The van der Waals surface area contributed by atoms with Crippen molar-refractivity contribution in [3.8, 4) is 5.82 Å². The van der Waals surface area contributed by atoms with E-state index in [0.717, 1.165) is 61.8 Å². The lowest BCUT2D eigenvalue weighted by Gasteiger charge is -2.29. The zero-order valence-corrected chi connectivity index (χ0v) is 15.1. The first kappa shape index (κ1) is 16.5. The van der Waals surface area contributed by atoms with E-state index in [-0.39, 0.29) is 0 Å². The molecule has 0 aliphatic carbocycles. The summed E-state index contributed by atoms with van der Waals surface area (Å²) in [6.07, 6.45) is 3.66. The molecule has 0 unspecified atom stereocenters. The van der Waals surface area contributed by atoms with Crippen LogP contribution < -0.4 is 10.6 Å². The van der Waals surface area contributed by atoms with Crippen molar-refractivity contribution in [3.63, 3.8) is 0 Å². The summed E-state index contributed by atoms with van der Waals surface area (Å²) in [4.78, 5) is 7.21. The number of nitrogens with two attached hydrogens (primary N) is 1. The van der Waals surface area contributed by atoms with Crippen molar-refractivity contribution >= 4 is 22.7 Å². The lowest BCUT2D eigenvalue weighted by Crippen LogP contribution is -2.37.